The molecule has 0 saturated heterocycles. The van der Waals surface area contributed by atoms with E-state index in [4.69, 9.17) is 16.7 Å². The number of hydrogen-bond donors (Lipinski definition) is 1. The number of carbonyl (C=O) groups is 1. The average molecular weight is 359 g/mol. The minimum absolute atomic E-state index is 0.435. The first-order valence-corrected chi connectivity index (χ1v) is 7.30. The van der Waals surface area contributed by atoms with Crippen molar-refractivity contribution in [3.05, 3.63) is 59.1 Å². The van der Waals surface area contributed by atoms with E-state index in [-0.39, 0.29) is 0 Å². The van der Waals surface area contributed by atoms with E-state index in [2.05, 4.69) is 4.74 Å². The van der Waals surface area contributed by atoms with Crippen molar-refractivity contribution in [2.24, 2.45) is 0 Å². The molecule has 24 heavy (non-hydrogen) atoms. The van der Waals surface area contributed by atoms with Gasteiger partial charge in [-0.3, -0.25) is 0 Å². The van der Waals surface area contributed by atoms with E-state index in [1.807, 2.05) is 12.1 Å². The molecule has 0 aliphatic carbocycles. The number of carboxylic acids is 1. The van der Waals surface area contributed by atoms with Crippen molar-refractivity contribution in [1.29, 1.82) is 0 Å². The van der Waals surface area contributed by atoms with Crippen LogP contribution in [0, 0.1) is 0 Å². The SMILES string of the molecule is CC(OCc1ccc(-c2ccc(Cl)cc2)cc1)(C(=O)O)C(F)(F)F. The Morgan fingerprint density at radius 3 is 1.92 bits per heavy atom. The molecule has 3 nitrogen and oxygen atoms in total. The summed E-state index contributed by atoms with van der Waals surface area (Å²) in [5.74, 6) is -2.08. The van der Waals surface area contributed by atoms with Crippen LogP contribution in [0.2, 0.25) is 5.02 Å². The first-order chi connectivity index (χ1) is 11.1. The molecule has 128 valence electrons. The second-order valence-electron chi connectivity index (χ2n) is 5.33. The van der Waals surface area contributed by atoms with Crippen LogP contribution >= 0.6 is 11.6 Å². The predicted octanol–water partition coefficient (Wildman–Crippen LogP) is 4.93. The molecule has 0 saturated carbocycles. The smallest absolute Gasteiger partial charge is 0.428 e. The Balaban J connectivity index is 2.12. The number of hydrogen-bond acceptors (Lipinski definition) is 2. The summed E-state index contributed by atoms with van der Waals surface area (Å²) in [5.41, 5.74) is -1.06. The maximum absolute atomic E-state index is 12.9. The third-order valence-electron chi connectivity index (χ3n) is 3.61. The first kappa shape index (κ1) is 18.3. The zero-order valence-corrected chi connectivity index (χ0v) is 13.4. The molecule has 0 bridgehead atoms. The zero-order chi connectivity index (χ0) is 18.0. The largest absolute Gasteiger partial charge is 0.479 e. The van der Waals surface area contributed by atoms with Crippen molar-refractivity contribution in [3.63, 3.8) is 0 Å². The summed E-state index contributed by atoms with van der Waals surface area (Å²) in [6.07, 6.45) is -5.01. The van der Waals surface area contributed by atoms with E-state index >= 15 is 0 Å². The lowest BCUT2D eigenvalue weighted by molar-refractivity contribution is -0.272. The summed E-state index contributed by atoms with van der Waals surface area (Å²) in [6, 6.07) is 13.7. The van der Waals surface area contributed by atoms with E-state index in [0.717, 1.165) is 11.1 Å². The fourth-order valence-electron chi connectivity index (χ4n) is 1.93. The van der Waals surface area contributed by atoms with E-state index in [1.54, 1.807) is 36.4 Å². The summed E-state index contributed by atoms with van der Waals surface area (Å²) in [5, 5.41) is 9.41. The fourth-order valence-corrected chi connectivity index (χ4v) is 2.05. The van der Waals surface area contributed by atoms with Gasteiger partial charge in [0, 0.05) is 5.02 Å². The highest BCUT2D eigenvalue weighted by atomic mass is 35.5. The fraction of sp³-hybridized carbons (Fsp3) is 0.235. The minimum atomic E-state index is -5.01. The van der Waals surface area contributed by atoms with E-state index in [0.29, 0.717) is 17.5 Å². The molecule has 0 spiro atoms. The Labute approximate surface area is 141 Å². The molecular weight excluding hydrogens is 345 g/mol. The Kier molecular flexibility index (Phi) is 5.20. The van der Waals surface area contributed by atoms with Crippen LogP contribution in [-0.4, -0.2) is 22.9 Å². The first-order valence-electron chi connectivity index (χ1n) is 6.92. The molecule has 0 heterocycles. The van der Waals surface area contributed by atoms with Crippen molar-refractivity contribution in [2.45, 2.75) is 25.3 Å². The Bertz CT molecular complexity index is 711. The second kappa shape index (κ2) is 6.83. The number of alkyl halides is 3. The molecule has 0 radical (unpaired) electrons. The average Bonchev–Trinajstić information content (AvgIpc) is 2.52. The van der Waals surface area contributed by atoms with Gasteiger partial charge in [-0.2, -0.15) is 13.2 Å². The lowest BCUT2D eigenvalue weighted by Crippen LogP contribution is -2.51. The number of ether oxygens (including phenoxy) is 1. The van der Waals surface area contributed by atoms with Crippen LogP contribution in [0.3, 0.4) is 0 Å². The van der Waals surface area contributed by atoms with Crippen LogP contribution < -0.4 is 0 Å². The van der Waals surface area contributed by atoms with Gasteiger partial charge >= 0.3 is 12.1 Å². The molecule has 1 atom stereocenters. The minimum Gasteiger partial charge on any atom is -0.479 e. The molecule has 0 aromatic heterocycles. The summed E-state index contributed by atoms with van der Waals surface area (Å²) in [4.78, 5) is 10.9. The van der Waals surface area contributed by atoms with E-state index in [9.17, 15) is 18.0 Å². The molecular formula is C17H14ClF3O3. The molecule has 2 aromatic carbocycles. The summed E-state index contributed by atoms with van der Waals surface area (Å²) < 4.78 is 43.2. The Morgan fingerprint density at radius 1 is 1.04 bits per heavy atom. The van der Waals surface area contributed by atoms with Gasteiger partial charge in [0.1, 0.15) is 0 Å². The number of benzene rings is 2. The monoisotopic (exact) mass is 358 g/mol. The Morgan fingerprint density at radius 2 is 1.50 bits per heavy atom. The third kappa shape index (κ3) is 3.88. The van der Waals surface area contributed by atoms with Gasteiger partial charge in [-0.05, 0) is 35.7 Å². The molecule has 0 aliphatic heterocycles. The maximum Gasteiger partial charge on any atom is 0.428 e. The number of carboxylic acid groups (broad SMARTS) is 1. The molecule has 7 heteroatoms. The third-order valence-corrected chi connectivity index (χ3v) is 3.86. The van der Waals surface area contributed by atoms with Gasteiger partial charge in [0.2, 0.25) is 0 Å². The van der Waals surface area contributed by atoms with Crippen molar-refractivity contribution in [1.82, 2.24) is 0 Å². The van der Waals surface area contributed by atoms with Gasteiger partial charge in [0.25, 0.3) is 5.60 Å². The molecule has 0 fully saturated rings. The van der Waals surface area contributed by atoms with Crippen molar-refractivity contribution in [2.75, 3.05) is 0 Å². The van der Waals surface area contributed by atoms with Gasteiger partial charge in [-0.1, -0.05) is 48.0 Å². The van der Waals surface area contributed by atoms with Crippen LogP contribution in [0.4, 0.5) is 13.2 Å². The highest BCUT2D eigenvalue weighted by Crippen LogP contribution is 2.34. The lowest BCUT2D eigenvalue weighted by atomic mass is 10.0. The van der Waals surface area contributed by atoms with Crippen LogP contribution in [0.25, 0.3) is 11.1 Å². The molecule has 2 aromatic rings. The Hall–Kier alpha value is -2.05. The van der Waals surface area contributed by atoms with Gasteiger partial charge in [0.15, 0.2) is 0 Å². The second-order valence-corrected chi connectivity index (χ2v) is 5.77. The molecule has 1 unspecified atom stereocenters. The molecule has 0 amide bonds. The van der Waals surface area contributed by atoms with Gasteiger partial charge in [-0.15, -0.1) is 0 Å². The van der Waals surface area contributed by atoms with E-state index in [1.165, 1.54) is 0 Å². The van der Waals surface area contributed by atoms with Crippen LogP contribution in [0.5, 0.6) is 0 Å². The predicted molar refractivity (Wildman–Crippen MR) is 83.8 cm³/mol. The number of aliphatic carboxylic acids is 1. The van der Waals surface area contributed by atoms with Gasteiger partial charge < -0.3 is 9.84 Å². The lowest BCUT2D eigenvalue weighted by Gasteiger charge is -2.27. The van der Waals surface area contributed by atoms with Crippen molar-refractivity contribution < 1.29 is 27.8 Å². The van der Waals surface area contributed by atoms with Crippen LogP contribution in [-0.2, 0) is 16.1 Å². The molecule has 0 aliphatic rings. The quantitative estimate of drug-likeness (QED) is 0.824. The highest BCUT2D eigenvalue weighted by Gasteiger charge is 2.58. The van der Waals surface area contributed by atoms with Crippen molar-refractivity contribution >= 4 is 17.6 Å². The molecule has 2 rings (SSSR count). The summed E-state index contributed by atoms with van der Waals surface area (Å²) in [6.45, 7) is 0.0284. The topological polar surface area (TPSA) is 46.5 Å². The van der Waals surface area contributed by atoms with Gasteiger partial charge in [-0.25, -0.2) is 4.79 Å². The summed E-state index contributed by atoms with van der Waals surface area (Å²) in [7, 11) is 0. The van der Waals surface area contributed by atoms with Crippen LogP contribution in [0.15, 0.2) is 48.5 Å². The normalized spacial score (nSPS) is 14.2. The van der Waals surface area contributed by atoms with E-state index < -0.39 is 24.4 Å². The summed E-state index contributed by atoms with van der Waals surface area (Å²) >= 11 is 5.81. The van der Waals surface area contributed by atoms with Crippen molar-refractivity contribution in [3.8, 4) is 11.1 Å². The van der Waals surface area contributed by atoms with Gasteiger partial charge in [0.05, 0.1) is 6.61 Å². The molecule has 1 N–H and O–H groups in total. The number of halogens is 4. The van der Waals surface area contributed by atoms with Crippen LogP contribution in [0.1, 0.15) is 12.5 Å². The highest BCUT2D eigenvalue weighted by molar-refractivity contribution is 6.30. The number of rotatable bonds is 5. The maximum atomic E-state index is 12.9. The zero-order valence-electron chi connectivity index (χ0n) is 12.6. The standard InChI is InChI=1S/C17H14ClF3O3/c1-16(15(22)23,17(19,20)21)24-10-11-2-4-12(5-3-11)13-6-8-14(18)9-7-13/h2-9H,10H2,1H3,(H,22,23).